The lowest BCUT2D eigenvalue weighted by molar-refractivity contribution is -0.384. The Hall–Kier alpha value is -3.23. The monoisotopic (exact) mass is 487 g/mol. The van der Waals surface area contributed by atoms with E-state index >= 15 is 0 Å². The van der Waals surface area contributed by atoms with Gasteiger partial charge in [0.2, 0.25) is 10.0 Å². The molecular weight excluding hydrogens is 461 g/mol. The lowest BCUT2D eigenvalue weighted by atomic mass is 10.1. The van der Waals surface area contributed by atoms with Gasteiger partial charge in [-0.1, -0.05) is 18.9 Å². The minimum atomic E-state index is -3.81. The van der Waals surface area contributed by atoms with Gasteiger partial charge < -0.3 is 9.80 Å². The Morgan fingerprint density at radius 3 is 2.12 bits per heavy atom. The second-order valence-electron chi connectivity index (χ2n) is 8.45. The highest BCUT2D eigenvalue weighted by molar-refractivity contribution is 7.89. The van der Waals surface area contributed by atoms with E-state index in [4.69, 9.17) is 0 Å². The zero-order chi connectivity index (χ0) is 24.3. The predicted molar refractivity (Wildman–Crippen MR) is 126 cm³/mol. The molecule has 180 valence electrons. The molecule has 2 aromatic rings. The van der Waals surface area contributed by atoms with Crippen LogP contribution in [0.4, 0.5) is 21.5 Å². The van der Waals surface area contributed by atoms with Gasteiger partial charge in [-0.15, -0.1) is 0 Å². The summed E-state index contributed by atoms with van der Waals surface area (Å²) in [6, 6.07) is 10.5. The first-order valence-electron chi connectivity index (χ1n) is 11.3. The number of hydrogen-bond donors (Lipinski definition) is 0. The van der Waals surface area contributed by atoms with Crippen LogP contribution in [0.3, 0.4) is 0 Å². The summed E-state index contributed by atoms with van der Waals surface area (Å²) < 4.78 is 41.6. The number of piperazine rings is 1. The van der Waals surface area contributed by atoms with E-state index in [2.05, 4.69) is 0 Å². The third-order valence-corrected chi connectivity index (χ3v) is 8.31. The van der Waals surface area contributed by atoms with E-state index < -0.39 is 20.8 Å². The van der Waals surface area contributed by atoms with E-state index in [9.17, 15) is 28.2 Å². The van der Waals surface area contributed by atoms with E-state index in [-0.39, 0.29) is 16.1 Å². The van der Waals surface area contributed by atoms with Crippen molar-refractivity contribution in [3.8, 4) is 6.07 Å². The highest BCUT2D eigenvalue weighted by atomic mass is 32.2. The molecule has 34 heavy (non-hydrogen) atoms. The Labute approximate surface area is 198 Å². The van der Waals surface area contributed by atoms with Crippen LogP contribution >= 0.6 is 0 Å². The molecule has 0 radical (unpaired) electrons. The lowest BCUT2D eigenvalue weighted by Crippen LogP contribution is -2.47. The summed E-state index contributed by atoms with van der Waals surface area (Å²) in [5.41, 5.74) is 0.563. The normalized spacial score (nSPS) is 17.8. The van der Waals surface area contributed by atoms with E-state index in [1.807, 2.05) is 15.9 Å². The van der Waals surface area contributed by atoms with Crippen LogP contribution in [-0.4, -0.2) is 56.9 Å². The van der Waals surface area contributed by atoms with E-state index in [1.165, 1.54) is 22.5 Å². The zero-order valence-corrected chi connectivity index (χ0v) is 19.5. The Morgan fingerprint density at radius 2 is 1.53 bits per heavy atom. The van der Waals surface area contributed by atoms with Crippen LogP contribution in [-0.2, 0) is 10.0 Å². The summed E-state index contributed by atoms with van der Waals surface area (Å²) in [7, 11) is -3.81. The van der Waals surface area contributed by atoms with Crippen LogP contribution in [0.5, 0.6) is 0 Å². The van der Waals surface area contributed by atoms with Crippen LogP contribution < -0.4 is 9.80 Å². The summed E-state index contributed by atoms with van der Waals surface area (Å²) in [6.07, 6.45) is 3.51. The largest absolute Gasteiger partial charge is 0.367 e. The number of benzene rings is 2. The molecule has 0 amide bonds. The van der Waals surface area contributed by atoms with Crippen LogP contribution in [0.15, 0.2) is 41.3 Å². The molecule has 0 unspecified atom stereocenters. The fourth-order valence-electron chi connectivity index (χ4n) is 4.58. The first-order valence-corrected chi connectivity index (χ1v) is 12.7. The summed E-state index contributed by atoms with van der Waals surface area (Å²) in [4.78, 5) is 14.9. The molecule has 0 spiro atoms. The van der Waals surface area contributed by atoms with E-state index in [0.717, 1.165) is 31.7 Å². The third-order valence-electron chi connectivity index (χ3n) is 6.41. The van der Waals surface area contributed by atoms with Crippen LogP contribution in [0.25, 0.3) is 0 Å². The topological polar surface area (TPSA) is 111 Å². The number of sulfonamides is 1. The van der Waals surface area contributed by atoms with Crippen molar-refractivity contribution in [1.29, 1.82) is 5.26 Å². The maximum atomic E-state index is 14.0. The maximum absolute atomic E-state index is 14.0. The minimum Gasteiger partial charge on any atom is -0.367 e. The van der Waals surface area contributed by atoms with Gasteiger partial charge in [-0.25, -0.2) is 12.8 Å². The number of nitro benzene ring substituents is 1. The second-order valence-corrected chi connectivity index (χ2v) is 10.4. The van der Waals surface area contributed by atoms with Gasteiger partial charge in [0.1, 0.15) is 23.1 Å². The molecule has 0 aliphatic carbocycles. The molecule has 0 N–H and O–H groups in total. The second kappa shape index (κ2) is 9.95. The van der Waals surface area contributed by atoms with Gasteiger partial charge in [0.25, 0.3) is 5.69 Å². The smallest absolute Gasteiger partial charge is 0.293 e. The molecule has 11 heteroatoms. The predicted octanol–water partition coefficient (Wildman–Crippen LogP) is 3.50. The van der Waals surface area contributed by atoms with Gasteiger partial charge in [0, 0.05) is 45.3 Å². The molecule has 4 rings (SSSR count). The molecule has 0 bridgehead atoms. The summed E-state index contributed by atoms with van der Waals surface area (Å²) in [5.74, 6) is -0.584. The highest BCUT2D eigenvalue weighted by Gasteiger charge is 2.30. The zero-order valence-electron chi connectivity index (χ0n) is 18.7. The SMILES string of the molecule is N#Cc1c(F)cccc1N1CCN(c2ccc(S(=O)(=O)N3CCCCCC3)cc2[N+](=O)[O-])CC1. The number of anilines is 2. The van der Waals surface area contributed by atoms with Gasteiger partial charge in [-0.2, -0.15) is 9.57 Å². The van der Waals surface area contributed by atoms with Crippen LogP contribution in [0, 0.1) is 27.3 Å². The summed E-state index contributed by atoms with van der Waals surface area (Å²) >= 11 is 0. The Balaban J connectivity index is 1.56. The summed E-state index contributed by atoms with van der Waals surface area (Å²) in [6.45, 7) is 2.52. The number of halogens is 1. The van der Waals surface area contributed by atoms with E-state index in [0.29, 0.717) is 50.6 Å². The van der Waals surface area contributed by atoms with E-state index in [1.54, 1.807) is 12.1 Å². The molecule has 2 aromatic carbocycles. The van der Waals surface area contributed by atoms with Gasteiger partial charge >= 0.3 is 0 Å². The molecule has 2 heterocycles. The van der Waals surface area contributed by atoms with Gasteiger partial charge in [0.05, 0.1) is 15.5 Å². The fourth-order valence-corrected chi connectivity index (χ4v) is 6.12. The van der Waals surface area contributed by atoms with Crippen molar-refractivity contribution in [3.63, 3.8) is 0 Å². The molecule has 2 aliphatic rings. The fraction of sp³-hybridized carbons (Fsp3) is 0.435. The molecule has 2 saturated heterocycles. The molecule has 2 fully saturated rings. The van der Waals surface area contributed by atoms with Gasteiger partial charge in [0.15, 0.2) is 0 Å². The van der Waals surface area contributed by atoms with Gasteiger partial charge in [-0.05, 0) is 37.1 Å². The quantitative estimate of drug-likeness (QED) is 0.469. The average Bonchev–Trinajstić information content (AvgIpc) is 3.14. The average molecular weight is 488 g/mol. The highest BCUT2D eigenvalue weighted by Crippen LogP contribution is 2.34. The molecule has 9 nitrogen and oxygen atoms in total. The first-order chi connectivity index (χ1) is 16.3. The Kier molecular flexibility index (Phi) is 7.00. The maximum Gasteiger partial charge on any atom is 0.293 e. The minimum absolute atomic E-state index is 0.0231. The standard InChI is InChI=1S/C23H26FN5O4S/c24-20-6-5-7-21(19(20)17-25)26-12-14-27(15-13-26)22-9-8-18(16-23(22)29(30)31)34(32,33)28-10-3-1-2-4-11-28/h5-9,16H,1-4,10-15H2. The molecule has 0 saturated carbocycles. The summed E-state index contributed by atoms with van der Waals surface area (Å²) in [5, 5.41) is 21.2. The number of nitriles is 1. The molecule has 0 atom stereocenters. The lowest BCUT2D eigenvalue weighted by Gasteiger charge is -2.37. The van der Waals surface area contributed by atoms with Gasteiger partial charge in [-0.3, -0.25) is 10.1 Å². The van der Waals surface area contributed by atoms with Crippen molar-refractivity contribution >= 4 is 27.1 Å². The van der Waals surface area contributed by atoms with Crippen molar-refractivity contribution in [2.75, 3.05) is 49.1 Å². The van der Waals surface area contributed by atoms with Crippen LogP contribution in [0.2, 0.25) is 0 Å². The number of nitro groups is 1. The van der Waals surface area contributed by atoms with Crippen molar-refractivity contribution < 1.29 is 17.7 Å². The molecule has 2 aliphatic heterocycles. The van der Waals surface area contributed by atoms with Crippen molar-refractivity contribution in [1.82, 2.24) is 4.31 Å². The van der Waals surface area contributed by atoms with Crippen LogP contribution in [0.1, 0.15) is 31.2 Å². The Bertz CT molecular complexity index is 1210. The molecular formula is C23H26FN5O4S. The van der Waals surface area contributed by atoms with Crippen molar-refractivity contribution in [2.45, 2.75) is 30.6 Å². The number of nitrogens with zero attached hydrogens (tertiary/aromatic N) is 5. The third kappa shape index (κ3) is 4.69. The van der Waals surface area contributed by atoms with Crippen molar-refractivity contribution in [2.24, 2.45) is 0 Å². The molecule has 0 aromatic heterocycles. The number of rotatable bonds is 5. The first kappa shape index (κ1) is 23.9. The Morgan fingerprint density at radius 1 is 0.912 bits per heavy atom. The number of hydrogen-bond acceptors (Lipinski definition) is 7. The van der Waals surface area contributed by atoms with Crippen molar-refractivity contribution in [3.05, 3.63) is 57.9 Å².